The molecule has 0 spiro atoms. The van der Waals surface area contributed by atoms with Gasteiger partial charge >= 0.3 is 11.1 Å². The van der Waals surface area contributed by atoms with Gasteiger partial charge < -0.3 is 14.9 Å². The van der Waals surface area contributed by atoms with Crippen LogP contribution in [0.15, 0.2) is 34.0 Å². The first-order valence-corrected chi connectivity index (χ1v) is 9.08. The van der Waals surface area contributed by atoms with Gasteiger partial charge in [-0.25, -0.2) is 0 Å². The fraction of sp³-hybridized carbons (Fsp3) is 0.368. The predicted octanol–water partition coefficient (Wildman–Crippen LogP) is 1.25. The molecule has 27 heavy (non-hydrogen) atoms. The van der Waals surface area contributed by atoms with Crippen molar-refractivity contribution in [3.63, 3.8) is 0 Å². The molecule has 1 atom stereocenters. The Balaban J connectivity index is 1.67. The van der Waals surface area contributed by atoms with Gasteiger partial charge in [0, 0.05) is 30.4 Å². The third-order valence-corrected chi connectivity index (χ3v) is 5.23. The summed E-state index contributed by atoms with van der Waals surface area (Å²) < 4.78 is 3.26. The van der Waals surface area contributed by atoms with Gasteiger partial charge in [0.2, 0.25) is 0 Å². The van der Waals surface area contributed by atoms with Crippen LogP contribution in [0.5, 0.6) is 0 Å². The van der Waals surface area contributed by atoms with E-state index >= 15 is 0 Å². The molecule has 1 aliphatic rings. The van der Waals surface area contributed by atoms with E-state index in [2.05, 4.69) is 15.4 Å². The van der Waals surface area contributed by atoms with Crippen LogP contribution < -0.4 is 16.4 Å². The lowest BCUT2D eigenvalue weighted by atomic mass is 9.92. The molecule has 1 aromatic carbocycles. The molecular weight excluding hydrogens is 346 g/mol. The lowest BCUT2D eigenvalue weighted by Gasteiger charge is -2.24. The highest BCUT2D eigenvalue weighted by Crippen LogP contribution is 2.29. The predicted molar refractivity (Wildman–Crippen MR) is 101 cm³/mol. The van der Waals surface area contributed by atoms with E-state index in [4.69, 9.17) is 0 Å². The van der Waals surface area contributed by atoms with E-state index in [0.717, 1.165) is 30.5 Å². The van der Waals surface area contributed by atoms with Crippen molar-refractivity contribution in [1.82, 2.24) is 24.6 Å². The van der Waals surface area contributed by atoms with Crippen LogP contribution in [-0.2, 0) is 20.0 Å². The molecule has 2 heterocycles. The summed E-state index contributed by atoms with van der Waals surface area (Å²) in [6.07, 6.45) is 4.64. The first-order valence-electron chi connectivity index (χ1n) is 9.08. The Morgan fingerprint density at radius 3 is 2.96 bits per heavy atom. The van der Waals surface area contributed by atoms with Crippen LogP contribution in [0.2, 0.25) is 0 Å². The molecule has 2 N–H and O–H groups in total. The Morgan fingerprint density at radius 1 is 1.37 bits per heavy atom. The van der Waals surface area contributed by atoms with Gasteiger partial charge in [-0.1, -0.05) is 0 Å². The molecule has 0 saturated carbocycles. The van der Waals surface area contributed by atoms with Gasteiger partial charge in [-0.15, -0.1) is 0 Å². The van der Waals surface area contributed by atoms with Crippen LogP contribution in [0.4, 0.5) is 0 Å². The van der Waals surface area contributed by atoms with Gasteiger partial charge in [0.15, 0.2) is 0 Å². The van der Waals surface area contributed by atoms with E-state index in [9.17, 15) is 14.4 Å². The quantitative estimate of drug-likeness (QED) is 0.680. The number of carbonyl (C=O) groups excluding carboxylic acids is 1. The van der Waals surface area contributed by atoms with E-state index in [-0.39, 0.29) is 11.9 Å². The summed E-state index contributed by atoms with van der Waals surface area (Å²) in [5.74, 6) is -0.214. The molecule has 1 amide bonds. The molecule has 0 bridgehead atoms. The lowest BCUT2D eigenvalue weighted by Crippen LogP contribution is -2.36. The molecule has 8 heteroatoms. The number of carbonyl (C=O) groups is 1. The minimum Gasteiger partial charge on any atom is -0.345 e. The topological polar surface area (TPSA) is 102 Å². The Kier molecular flexibility index (Phi) is 4.18. The van der Waals surface area contributed by atoms with Crippen LogP contribution in [0.3, 0.4) is 0 Å². The van der Waals surface area contributed by atoms with E-state index in [0.29, 0.717) is 23.1 Å². The maximum atomic E-state index is 12.8. The van der Waals surface area contributed by atoms with Crippen molar-refractivity contribution in [2.75, 3.05) is 0 Å². The van der Waals surface area contributed by atoms with Crippen LogP contribution in [0, 0.1) is 0 Å². The van der Waals surface area contributed by atoms with E-state index in [1.165, 1.54) is 4.57 Å². The third kappa shape index (κ3) is 2.87. The SMILES string of the molecule is CCn1c(=O)c(=O)[nH]c2cc(C(=O)N[C@@H]3CCCc4c3cnn4C)ccc21. The van der Waals surface area contributed by atoms with Crippen LogP contribution in [0.1, 0.15) is 47.4 Å². The number of nitrogens with one attached hydrogen (secondary N) is 2. The lowest BCUT2D eigenvalue weighted by molar-refractivity contribution is 0.0932. The first kappa shape index (κ1) is 17.3. The van der Waals surface area contributed by atoms with Crippen molar-refractivity contribution in [3.05, 3.63) is 61.9 Å². The summed E-state index contributed by atoms with van der Waals surface area (Å²) in [5.41, 5.74) is 2.45. The molecule has 4 rings (SSSR count). The highest BCUT2D eigenvalue weighted by Gasteiger charge is 2.25. The zero-order valence-electron chi connectivity index (χ0n) is 15.3. The number of rotatable bonds is 3. The number of benzene rings is 1. The molecule has 0 fully saturated rings. The number of hydrogen-bond acceptors (Lipinski definition) is 4. The fourth-order valence-corrected chi connectivity index (χ4v) is 3.83. The zero-order chi connectivity index (χ0) is 19.1. The average Bonchev–Trinajstić information content (AvgIpc) is 3.04. The maximum Gasteiger partial charge on any atom is 0.316 e. The van der Waals surface area contributed by atoms with Crippen LogP contribution >= 0.6 is 0 Å². The summed E-state index contributed by atoms with van der Waals surface area (Å²) in [6, 6.07) is 4.91. The number of H-pyrrole nitrogens is 1. The third-order valence-electron chi connectivity index (χ3n) is 5.23. The molecule has 8 nitrogen and oxygen atoms in total. The number of hydrogen-bond donors (Lipinski definition) is 2. The largest absolute Gasteiger partial charge is 0.345 e. The maximum absolute atomic E-state index is 12.8. The van der Waals surface area contributed by atoms with Gasteiger partial charge in [-0.2, -0.15) is 5.10 Å². The minimum absolute atomic E-state index is 0.0747. The zero-order valence-corrected chi connectivity index (χ0v) is 15.3. The number of amides is 1. The van der Waals surface area contributed by atoms with Crippen LogP contribution in [-0.4, -0.2) is 25.2 Å². The number of aryl methyl sites for hydroxylation is 2. The normalized spacial score (nSPS) is 16.3. The molecule has 3 aromatic rings. The van der Waals surface area contributed by atoms with Gasteiger partial charge in [0.05, 0.1) is 23.3 Å². The van der Waals surface area contributed by atoms with Crippen molar-refractivity contribution in [2.45, 2.75) is 38.8 Å². The Morgan fingerprint density at radius 2 is 2.19 bits per heavy atom. The van der Waals surface area contributed by atoms with E-state index in [1.54, 1.807) is 25.1 Å². The second-order valence-corrected chi connectivity index (χ2v) is 6.82. The molecule has 0 saturated heterocycles. The highest BCUT2D eigenvalue weighted by atomic mass is 16.2. The molecule has 2 aromatic heterocycles. The highest BCUT2D eigenvalue weighted by molar-refractivity contribution is 5.97. The average molecular weight is 367 g/mol. The second-order valence-electron chi connectivity index (χ2n) is 6.82. The molecule has 0 radical (unpaired) electrons. The summed E-state index contributed by atoms with van der Waals surface area (Å²) >= 11 is 0. The number of fused-ring (bicyclic) bond motifs is 2. The summed E-state index contributed by atoms with van der Waals surface area (Å²) in [6.45, 7) is 2.19. The fourth-order valence-electron chi connectivity index (χ4n) is 3.83. The second kappa shape index (κ2) is 6.53. The molecular formula is C19H21N5O3. The monoisotopic (exact) mass is 367 g/mol. The van der Waals surface area contributed by atoms with E-state index in [1.807, 2.05) is 17.9 Å². The van der Waals surface area contributed by atoms with Gasteiger partial charge in [-0.3, -0.25) is 19.1 Å². The summed E-state index contributed by atoms with van der Waals surface area (Å²) in [5, 5.41) is 7.37. The van der Waals surface area contributed by atoms with Crippen molar-refractivity contribution in [3.8, 4) is 0 Å². The van der Waals surface area contributed by atoms with Crippen molar-refractivity contribution < 1.29 is 4.79 Å². The summed E-state index contributed by atoms with van der Waals surface area (Å²) in [4.78, 5) is 39.1. The standard InChI is InChI=1S/C19H21N5O3/c1-3-24-16-8-7-11(9-14(16)22-18(26)19(24)27)17(25)21-13-5-4-6-15-12(13)10-20-23(15)2/h7-10,13H,3-6H2,1-2H3,(H,21,25)(H,22,26)/t13-/m1/s1. The van der Waals surface area contributed by atoms with Crippen molar-refractivity contribution in [2.24, 2.45) is 7.05 Å². The van der Waals surface area contributed by atoms with Crippen molar-refractivity contribution in [1.29, 1.82) is 0 Å². The number of nitrogens with zero attached hydrogens (tertiary/aromatic N) is 3. The molecule has 0 aliphatic heterocycles. The first-order chi connectivity index (χ1) is 13.0. The minimum atomic E-state index is -0.686. The molecule has 140 valence electrons. The number of aromatic amines is 1. The van der Waals surface area contributed by atoms with E-state index < -0.39 is 11.1 Å². The molecule has 0 unspecified atom stereocenters. The van der Waals surface area contributed by atoms with Gasteiger partial charge in [0.1, 0.15) is 0 Å². The Bertz CT molecular complexity index is 1150. The summed E-state index contributed by atoms with van der Waals surface area (Å²) in [7, 11) is 1.91. The molecule has 1 aliphatic carbocycles. The Labute approximate surface area is 154 Å². The number of aromatic nitrogens is 4. The van der Waals surface area contributed by atoms with Crippen molar-refractivity contribution >= 4 is 16.9 Å². The van der Waals surface area contributed by atoms with Gasteiger partial charge in [0.25, 0.3) is 5.91 Å². The smallest absolute Gasteiger partial charge is 0.316 e. The van der Waals surface area contributed by atoms with Gasteiger partial charge in [-0.05, 0) is 44.4 Å². The Hall–Kier alpha value is -3.16. The van der Waals surface area contributed by atoms with Crippen LogP contribution in [0.25, 0.3) is 11.0 Å².